The highest BCUT2D eigenvalue weighted by atomic mass is 16.5. The van der Waals surface area contributed by atoms with Gasteiger partial charge in [0.2, 0.25) is 0 Å². The van der Waals surface area contributed by atoms with Crippen LogP contribution in [0.3, 0.4) is 0 Å². The Balaban J connectivity index is 1.99. The van der Waals surface area contributed by atoms with Crippen LogP contribution in [0.5, 0.6) is 5.75 Å². The number of hydrogen-bond acceptors (Lipinski definition) is 3. The lowest BCUT2D eigenvalue weighted by Crippen LogP contribution is -2.31. The minimum atomic E-state index is -0.286. The molecule has 0 spiro atoms. The van der Waals surface area contributed by atoms with Crippen molar-refractivity contribution in [2.24, 2.45) is 0 Å². The van der Waals surface area contributed by atoms with E-state index in [0.717, 1.165) is 5.56 Å². The van der Waals surface area contributed by atoms with Crippen molar-refractivity contribution >= 4 is 11.7 Å². The van der Waals surface area contributed by atoms with E-state index >= 15 is 0 Å². The highest BCUT2D eigenvalue weighted by molar-refractivity contribution is 5.91. The zero-order valence-corrected chi connectivity index (χ0v) is 11.5. The number of pyridine rings is 1. The molecule has 1 aromatic heterocycles. The van der Waals surface area contributed by atoms with Crippen LogP contribution in [0.2, 0.25) is 0 Å². The summed E-state index contributed by atoms with van der Waals surface area (Å²) in [6.45, 7) is 1.90. The normalized spacial score (nSPS) is 11.5. The Bertz CT molecular complexity index is 572. The van der Waals surface area contributed by atoms with E-state index in [-0.39, 0.29) is 12.1 Å². The fourth-order valence-electron chi connectivity index (χ4n) is 1.82. The Hall–Kier alpha value is -2.56. The largest absolute Gasteiger partial charge is 0.495 e. The minimum Gasteiger partial charge on any atom is -0.495 e. The number of amides is 2. The van der Waals surface area contributed by atoms with Gasteiger partial charge in [-0.15, -0.1) is 0 Å². The van der Waals surface area contributed by atoms with Gasteiger partial charge in [-0.1, -0.05) is 18.2 Å². The fraction of sp³-hybridized carbons (Fsp3) is 0.200. The third-order valence-electron chi connectivity index (χ3n) is 2.89. The van der Waals surface area contributed by atoms with E-state index < -0.39 is 0 Å². The van der Waals surface area contributed by atoms with Crippen molar-refractivity contribution in [3.05, 3.63) is 54.4 Å². The molecule has 5 nitrogen and oxygen atoms in total. The van der Waals surface area contributed by atoms with Crippen LogP contribution in [0, 0.1) is 0 Å². The van der Waals surface area contributed by atoms with Crippen LogP contribution >= 0.6 is 0 Å². The molecule has 0 bridgehead atoms. The molecule has 104 valence electrons. The molecule has 0 fully saturated rings. The first kappa shape index (κ1) is 13.9. The molecule has 0 saturated carbocycles. The molecule has 0 aliphatic rings. The number of anilines is 1. The van der Waals surface area contributed by atoms with Crippen molar-refractivity contribution in [1.29, 1.82) is 0 Å². The molecular weight excluding hydrogens is 254 g/mol. The molecular formula is C15H17N3O2. The van der Waals surface area contributed by atoms with Crippen LogP contribution in [0.15, 0.2) is 48.8 Å². The molecule has 20 heavy (non-hydrogen) atoms. The number of rotatable bonds is 4. The summed E-state index contributed by atoms with van der Waals surface area (Å²) in [5.74, 6) is 0.622. The third-order valence-corrected chi connectivity index (χ3v) is 2.89. The maximum Gasteiger partial charge on any atom is 0.319 e. The first-order chi connectivity index (χ1) is 9.70. The lowest BCUT2D eigenvalue weighted by Gasteiger charge is -2.15. The second-order valence-electron chi connectivity index (χ2n) is 4.31. The van der Waals surface area contributed by atoms with Crippen molar-refractivity contribution in [2.45, 2.75) is 13.0 Å². The monoisotopic (exact) mass is 271 g/mol. The third kappa shape index (κ3) is 3.47. The van der Waals surface area contributed by atoms with Gasteiger partial charge in [-0.25, -0.2) is 4.79 Å². The molecule has 2 rings (SSSR count). The molecule has 0 aliphatic carbocycles. The number of aromatic nitrogens is 1. The van der Waals surface area contributed by atoms with E-state index in [0.29, 0.717) is 11.4 Å². The molecule has 0 unspecified atom stereocenters. The summed E-state index contributed by atoms with van der Waals surface area (Å²) in [7, 11) is 1.57. The van der Waals surface area contributed by atoms with Gasteiger partial charge in [0.15, 0.2) is 0 Å². The van der Waals surface area contributed by atoms with Gasteiger partial charge in [0.1, 0.15) is 5.75 Å². The predicted octanol–water partition coefficient (Wildman–Crippen LogP) is 2.97. The summed E-state index contributed by atoms with van der Waals surface area (Å²) >= 11 is 0. The van der Waals surface area contributed by atoms with Crippen molar-refractivity contribution in [3.8, 4) is 5.75 Å². The highest BCUT2D eigenvalue weighted by Gasteiger charge is 2.11. The Labute approximate surface area is 118 Å². The number of ether oxygens (including phenoxy) is 1. The van der Waals surface area contributed by atoms with Gasteiger partial charge in [-0.2, -0.15) is 0 Å². The van der Waals surface area contributed by atoms with Gasteiger partial charge in [0.25, 0.3) is 0 Å². The zero-order valence-electron chi connectivity index (χ0n) is 11.5. The molecule has 0 aliphatic heterocycles. The lowest BCUT2D eigenvalue weighted by molar-refractivity contribution is 0.249. The number of methoxy groups -OCH3 is 1. The van der Waals surface area contributed by atoms with Gasteiger partial charge in [-0.05, 0) is 30.7 Å². The molecule has 1 aromatic carbocycles. The topological polar surface area (TPSA) is 63.2 Å². The van der Waals surface area contributed by atoms with Gasteiger partial charge in [-0.3, -0.25) is 4.98 Å². The quantitative estimate of drug-likeness (QED) is 0.898. The molecule has 2 N–H and O–H groups in total. The number of carbonyl (C=O) groups excluding carboxylic acids is 1. The van der Waals surface area contributed by atoms with Crippen LogP contribution in [-0.2, 0) is 0 Å². The van der Waals surface area contributed by atoms with Crippen LogP contribution < -0.4 is 15.4 Å². The number of carbonyl (C=O) groups is 1. The summed E-state index contributed by atoms with van der Waals surface area (Å²) in [5, 5.41) is 5.62. The maximum atomic E-state index is 12.0. The van der Waals surface area contributed by atoms with Crippen molar-refractivity contribution in [3.63, 3.8) is 0 Å². The zero-order chi connectivity index (χ0) is 14.4. The molecule has 2 aromatic rings. The summed E-state index contributed by atoms with van der Waals surface area (Å²) in [4.78, 5) is 16.0. The highest BCUT2D eigenvalue weighted by Crippen LogP contribution is 2.23. The molecule has 2 amide bonds. The molecule has 1 heterocycles. The minimum absolute atomic E-state index is 0.126. The van der Waals surface area contributed by atoms with E-state index in [4.69, 9.17) is 4.74 Å². The van der Waals surface area contributed by atoms with E-state index in [1.807, 2.05) is 31.2 Å². The summed E-state index contributed by atoms with van der Waals surface area (Å²) < 4.78 is 5.18. The van der Waals surface area contributed by atoms with E-state index in [9.17, 15) is 4.79 Å². The molecule has 5 heteroatoms. The standard InChI is InChI=1S/C15H17N3O2/c1-11(12-6-5-9-16-10-12)17-15(19)18-13-7-3-4-8-14(13)20-2/h3-11H,1-2H3,(H2,17,18,19)/t11-/m0/s1. The van der Waals surface area contributed by atoms with Gasteiger partial charge in [0.05, 0.1) is 18.8 Å². The predicted molar refractivity (Wildman–Crippen MR) is 77.8 cm³/mol. The van der Waals surface area contributed by atoms with Crippen LogP contribution in [0.1, 0.15) is 18.5 Å². The van der Waals surface area contributed by atoms with Crippen molar-refractivity contribution in [2.75, 3.05) is 12.4 Å². The van der Waals surface area contributed by atoms with Crippen LogP contribution in [0.4, 0.5) is 10.5 Å². The van der Waals surface area contributed by atoms with Gasteiger partial charge in [0, 0.05) is 12.4 Å². The van der Waals surface area contributed by atoms with Crippen LogP contribution in [-0.4, -0.2) is 18.1 Å². The number of benzene rings is 1. The van der Waals surface area contributed by atoms with Crippen LogP contribution in [0.25, 0.3) is 0 Å². The summed E-state index contributed by atoms with van der Waals surface area (Å²) in [6, 6.07) is 10.6. The molecule has 0 saturated heterocycles. The second-order valence-corrected chi connectivity index (χ2v) is 4.31. The average Bonchev–Trinajstić information content (AvgIpc) is 2.48. The smallest absolute Gasteiger partial charge is 0.319 e. The van der Waals surface area contributed by atoms with Gasteiger partial charge < -0.3 is 15.4 Å². The fourth-order valence-corrected chi connectivity index (χ4v) is 1.82. The average molecular weight is 271 g/mol. The Morgan fingerprint density at radius 3 is 2.75 bits per heavy atom. The van der Waals surface area contributed by atoms with Crippen molar-refractivity contribution < 1.29 is 9.53 Å². The van der Waals surface area contributed by atoms with Gasteiger partial charge >= 0.3 is 6.03 Å². The SMILES string of the molecule is COc1ccccc1NC(=O)N[C@@H](C)c1cccnc1. The van der Waals surface area contributed by atoms with E-state index in [1.165, 1.54) is 0 Å². The Kier molecular flexibility index (Phi) is 4.55. The lowest BCUT2D eigenvalue weighted by atomic mass is 10.1. The number of nitrogens with one attached hydrogen (secondary N) is 2. The molecule has 1 atom stereocenters. The number of hydrogen-bond donors (Lipinski definition) is 2. The maximum absolute atomic E-state index is 12.0. The van der Waals surface area contributed by atoms with E-state index in [2.05, 4.69) is 15.6 Å². The first-order valence-corrected chi connectivity index (χ1v) is 6.31. The molecule has 0 radical (unpaired) electrons. The summed E-state index contributed by atoms with van der Waals surface area (Å²) in [6.07, 6.45) is 3.43. The van der Waals surface area contributed by atoms with Crippen molar-refractivity contribution in [1.82, 2.24) is 10.3 Å². The van der Waals surface area contributed by atoms with E-state index in [1.54, 1.807) is 31.6 Å². The summed E-state index contributed by atoms with van der Waals surface area (Å²) in [5.41, 5.74) is 1.58. The first-order valence-electron chi connectivity index (χ1n) is 6.31. The number of para-hydroxylation sites is 2. The second kappa shape index (κ2) is 6.56. The number of urea groups is 1. The Morgan fingerprint density at radius 1 is 1.25 bits per heavy atom. The number of nitrogens with zero attached hydrogens (tertiary/aromatic N) is 1. The Morgan fingerprint density at radius 2 is 2.05 bits per heavy atom.